The molecule has 0 radical (unpaired) electrons. The van der Waals surface area contributed by atoms with Gasteiger partial charge in [-0.15, -0.1) is 0 Å². The molecule has 0 aliphatic carbocycles. The van der Waals surface area contributed by atoms with Gasteiger partial charge < -0.3 is 5.11 Å². The van der Waals surface area contributed by atoms with E-state index >= 15 is 0 Å². The van der Waals surface area contributed by atoms with Gasteiger partial charge in [-0.25, -0.2) is 0 Å². The van der Waals surface area contributed by atoms with Gasteiger partial charge in [-0.3, -0.25) is 4.79 Å². The lowest BCUT2D eigenvalue weighted by atomic mass is 9.86. The van der Waals surface area contributed by atoms with Crippen molar-refractivity contribution in [1.82, 2.24) is 8.61 Å². The van der Waals surface area contributed by atoms with Crippen LogP contribution in [0.5, 0.6) is 0 Å². The summed E-state index contributed by atoms with van der Waals surface area (Å²) in [5.74, 6) is -1.61. The Morgan fingerprint density at radius 3 is 2.39 bits per heavy atom. The molecule has 0 saturated carbocycles. The van der Waals surface area contributed by atoms with Crippen molar-refractivity contribution in [3.8, 4) is 0 Å². The van der Waals surface area contributed by atoms with E-state index in [1.54, 1.807) is 0 Å². The molecule has 2 atom stereocenters. The van der Waals surface area contributed by atoms with E-state index in [9.17, 15) is 18.3 Å². The highest BCUT2D eigenvalue weighted by Gasteiger charge is 2.44. The topological polar surface area (TPSA) is 77.9 Å². The zero-order chi connectivity index (χ0) is 17.2. The van der Waals surface area contributed by atoms with Crippen LogP contribution < -0.4 is 0 Å². The van der Waals surface area contributed by atoms with Gasteiger partial charge in [0.2, 0.25) is 0 Å². The summed E-state index contributed by atoms with van der Waals surface area (Å²) in [5.41, 5.74) is 0.896. The minimum atomic E-state index is -3.67. The number of hydrogen-bond acceptors (Lipinski definition) is 3. The molecule has 0 amide bonds. The number of benzene rings is 1. The molecule has 1 aromatic carbocycles. The second kappa shape index (κ2) is 6.98. The molecule has 6 nitrogen and oxygen atoms in total. The van der Waals surface area contributed by atoms with Gasteiger partial charge in [0.25, 0.3) is 10.2 Å². The van der Waals surface area contributed by atoms with Gasteiger partial charge in [-0.2, -0.15) is 17.0 Å². The second-order valence-corrected chi connectivity index (χ2v) is 8.45. The van der Waals surface area contributed by atoms with Crippen molar-refractivity contribution in [3.05, 3.63) is 35.9 Å². The third-order valence-corrected chi connectivity index (χ3v) is 6.34. The molecule has 2 rings (SSSR count). The summed E-state index contributed by atoms with van der Waals surface area (Å²) in [6.45, 7) is 4.44. The van der Waals surface area contributed by atoms with E-state index in [-0.39, 0.29) is 31.5 Å². The van der Waals surface area contributed by atoms with Crippen LogP contribution in [0.2, 0.25) is 0 Å². The monoisotopic (exact) mass is 340 g/mol. The third kappa shape index (κ3) is 3.91. The molecule has 1 aromatic rings. The summed E-state index contributed by atoms with van der Waals surface area (Å²) in [6, 6.07) is 9.34. The highest BCUT2D eigenvalue weighted by atomic mass is 32.2. The number of carboxylic acid groups (broad SMARTS) is 1. The maximum Gasteiger partial charge on any atom is 0.308 e. The Kier molecular flexibility index (Phi) is 5.44. The zero-order valence-electron chi connectivity index (χ0n) is 13.7. The summed E-state index contributed by atoms with van der Waals surface area (Å²) in [4.78, 5) is 11.4. The smallest absolute Gasteiger partial charge is 0.308 e. The van der Waals surface area contributed by atoms with Crippen molar-refractivity contribution >= 4 is 16.2 Å². The fraction of sp³-hybridized carbons (Fsp3) is 0.562. The van der Waals surface area contributed by atoms with Crippen LogP contribution in [0.25, 0.3) is 0 Å². The van der Waals surface area contributed by atoms with Crippen molar-refractivity contribution in [2.45, 2.75) is 20.4 Å². The molecule has 23 heavy (non-hydrogen) atoms. The molecule has 0 aromatic heterocycles. The van der Waals surface area contributed by atoms with Crippen molar-refractivity contribution in [2.75, 3.05) is 20.1 Å². The van der Waals surface area contributed by atoms with E-state index < -0.39 is 22.1 Å². The van der Waals surface area contributed by atoms with Gasteiger partial charge in [0.15, 0.2) is 0 Å². The van der Waals surface area contributed by atoms with Crippen LogP contribution in [-0.2, 0) is 21.5 Å². The summed E-state index contributed by atoms with van der Waals surface area (Å²) < 4.78 is 28.1. The number of carboxylic acids is 1. The average molecular weight is 340 g/mol. The predicted molar refractivity (Wildman–Crippen MR) is 87.9 cm³/mol. The first kappa shape index (κ1) is 17.9. The Hall–Kier alpha value is -1.44. The van der Waals surface area contributed by atoms with Crippen LogP contribution in [-0.4, -0.2) is 48.2 Å². The number of carbonyl (C=O) groups is 1. The zero-order valence-corrected chi connectivity index (χ0v) is 14.5. The van der Waals surface area contributed by atoms with Crippen LogP contribution in [0.4, 0.5) is 0 Å². The van der Waals surface area contributed by atoms with E-state index in [1.165, 1.54) is 15.7 Å². The largest absolute Gasteiger partial charge is 0.481 e. The van der Waals surface area contributed by atoms with Crippen LogP contribution in [0, 0.1) is 17.8 Å². The molecule has 1 heterocycles. The predicted octanol–water partition coefficient (Wildman–Crippen LogP) is 1.65. The Morgan fingerprint density at radius 2 is 1.91 bits per heavy atom. The lowest BCUT2D eigenvalue weighted by Gasteiger charge is -2.24. The molecule has 0 unspecified atom stereocenters. The third-order valence-electron chi connectivity index (χ3n) is 4.47. The SMILES string of the molecule is CC(C)[C@H]1CN(S(=O)(=O)N(C)Cc2ccccc2)C[C@@H]1C(=O)O. The first-order valence-corrected chi connectivity index (χ1v) is 9.11. The molecular formula is C16H24N2O4S. The molecule has 1 N–H and O–H groups in total. The fourth-order valence-corrected chi connectivity index (χ4v) is 4.45. The first-order chi connectivity index (χ1) is 10.7. The minimum absolute atomic E-state index is 0.0413. The van der Waals surface area contributed by atoms with Gasteiger partial charge in [0, 0.05) is 26.7 Å². The Bertz CT molecular complexity index is 645. The van der Waals surface area contributed by atoms with Crippen molar-refractivity contribution < 1.29 is 18.3 Å². The summed E-state index contributed by atoms with van der Waals surface area (Å²) in [7, 11) is -2.14. The van der Waals surface area contributed by atoms with E-state index in [1.807, 2.05) is 44.2 Å². The normalized spacial score (nSPS) is 22.8. The maximum absolute atomic E-state index is 12.7. The van der Waals surface area contributed by atoms with Crippen molar-refractivity contribution in [2.24, 2.45) is 17.8 Å². The van der Waals surface area contributed by atoms with Crippen LogP contribution in [0.15, 0.2) is 30.3 Å². The van der Waals surface area contributed by atoms with E-state index in [0.717, 1.165) is 5.56 Å². The van der Waals surface area contributed by atoms with Gasteiger partial charge >= 0.3 is 5.97 Å². The summed E-state index contributed by atoms with van der Waals surface area (Å²) >= 11 is 0. The van der Waals surface area contributed by atoms with Crippen LogP contribution >= 0.6 is 0 Å². The van der Waals surface area contributed by atoms with Gasteiger partial charge in [0.1, 0.15) is 0 Å². The molecular weight excluding hydrogens is 316 g/mol. The second-order valence-electron chi connectivity index (χ2n) is 6.42. The summed E-state index contributed by atoms with van der Waals surface area (Å²) in [5, 5.41) is 9.35. The average Bonchev–Trinajstić information content (AvgIpc) is 2.94. The number of nitrogens with zero attached hydrogens (tertiary/aromatic N) is 2. The Morgan fingerprint density at radius 1 is 1.30 bits per heavy atom. The Balaban J connectivity index is 2.14. The lowest BCUT2D eigenvalue weighted by Crippen LogP contribution is -2.40. The van der Waals surface area contributed by atoms with Crippen molar-refractivity contribution in [1.29, 1.82) is 0 Å². The van der Waals surface area contributed by atoms with Gasteiger partial charge in [-0.1, -0.05) is 44.2 Å². The quantitative estimate of drug-likeness (QED) is 0.854. The van der Waals surface area contributed by atoms with E-state index in [4.69, 9.17) is 0 Å². The van der Waals surface area contributed by atoms with Gasteiger partial charge in [-0.05, 0) is 17.4 Å². The molecule has 7 heteroatoms. The van der Waals surface area contributed by atoms with Crippen molar-refractivity contribution in [3.63, 3.8) is 0 Å². The van der Waals surface area contributed by atoms with E-state index in [2.05, 4.69) is 0 Å². The molecule has 128 valence electrons. The highest BCUT2D eigenvalue weighted by Crippen LogP contribution is 2.32. The molecule has 1 aliphatic rings. The number of rotatable bonds is 6. The molecule has 0 spiro atoms. The lowest BCUT2D eigenvalue weighted by molar-refractivity contribution is -0.142. The molecule has 0 bridgehead atoms. The van der Waals surface area contributed by atoms with Crippen LogP contribution in [0.3, 0.4) is 0 Å². The highest BCUT2D eigenvalue weighted by molar-refractivity contribution is 7.86. The molecule has 1 saturated heterocycles. The maximum atomic E-state index is 12.7. The number of hydrogen-bond donors (Lipinski definition) is 1. The Labute approximate surface area is 137 Å². The minimum Gasteiger partial charge on any atom is -0.481 e. The van der Waals surface area contributed by atoms with Gasteiger partial charge in [0.05, 0.1) is 5.92 Å². The molecule has 1 aliphatic heterocycles. The van der Waals surface area contributed by atoms with E-state index in [0.29, 0.717) is 0 Å². The standard InChI is InChI=1S/C16H24N2O4S/c1-12(2)14-10-18(11-15(14)16(19)20)23(21,22)17(3)9-13-7-5-4-6-8-13/h4-8,12,14-15H,9-11H2,1-3H3,(H,19,20)/t14-,15+/m1/s1. The first-order valence-electron chi connectivity index (χ1n) is 7.71. The summed E-state index contributed by atoms with van der Waals surface area (Å²) in [6.07, 6.45) is 0. The molecule has 1 fully saturated rings. The van der Waals surface area contributed by atoms with Crippen LogP contribution in [0.1, 0.15) is 19.4 Å². The number of aliphatic carboxylic acids is 1. The fourth-order valence-electron chi connectivity index (χ4n) is 3.04.